The summed E-state index contributed by atoms with van der Waals surface area (Å²) in [5.41, 5.74) is 8.24. The molecule has 0 fully saturated rings. The Labute approximate surface area is 86.7 Å². The van der Waals surface area contributed by atoms with Gasteiger partial charge in [0, 0.05) is 25.3 Å². The van der Waals surface area contributed by atoms with Gasteiger partial charge in [0.2, 0.25) is 0 Å². The molecule has 0 spiro atoms. The molecule has 0 aliphatic carbocycles. The Bertz CT molecular complexity index is 264. The van der Waals surface area contributed by atoms with E-state index in [4.69, 9.17) is 5.73 Å². The molecule has 1 aromatic rings. The van der Waals surface area contributed by atoms with Crippen molar-refractivity contribution in [3.05, 3.63) is 29.8 Å². The molecule has 0 heterocycles. The molecular weight excluding hydrogens is 172 g/mol. The summed E-state index contributed by atoms with van der Waals surface area (Å²) in [4.78, 5) is 2.25. The second kappa shape index (κ2) is 5.01. The van der Waals surface area contributed by atoms with Gasteiger partial charge in [0.25, 0.3) is 0 Å². The van der Waals surface area contributed by atoms with E-state index in [0.717, 1.165) is 6.54 Å². The van der Waals surface area contributed by atoms with E-state index in [-0.39, 0.29) is 6.04 Å². The molecule has 2 nitrogen and oxygen atoms in total. The van der Waals surface area contributed by atoms with E-state index in [1.54, 1.807) is 0 Å². The predicted octanol–water partition coefficient (Wildman–Crippen LogP) is 2.55. The molecule has 0 amide bonds. The van der Waals surface area contributed by atoms with Crippen molar-refractivity contribution in [3.63, 3.8) is 0 Å². The summed E-state index contributed by atoms with van der Waals surface area (Å²) in [5.74, 6) is 0. The minimum Gasteiger partial charge on any atom is -0.375 e. The SMILES string of the molecule is CCCN(C)c1ccc([C@H](C)N)cc1. The molecule has 0 aromatic heterocycles. The van der Waals surface area contributed by atoms with Gasteiger partial charge in [0.05, 0.1) is 0 Å². The Morgan fingerprint density at radius 1 is 1.29 bits per heavy atom. The molecule has 0 bridgehead atoms. The summed E-state index contributed by atoms with van der Waals surface area (Å²) in [6.45, 7) is 5.29. The van der Waals surface area contributed by atoms with E-state index in [0.29, 0.717) is 0 Å². The van der Waals surface area contributed by atoms with Crippen molar-refractivity contribution >= 4 is 5.69 Å². The van der Waals surface area contributed by atoms with Crippen LogP contribution in [-0.4, -0.2) is 13.6 Å². The number of rotatable bonds is 4. The van der Waals surface area contributed by atoms with E-state index < -0.39 is 0 Å². The van der Waals surface area contributed by atoms with Crippen molar-refractivity contribution in [3.8, 4) is 0 Å². The lowest BCUT2D eigenvalue weighted by atomic mass is 10.1. The number of benzene rings is 1. The third kappa shape index (κ3) is 2.74. The van der Waals surface area contributed by atoms with Crippen molar-refractivity contribution in [1.29, 1.82) is 0 Å². The van der Waals surface area contributed by atoms with Crippen LogP contribution < -0.4 is 10.6 Å². The summed E-state index contributed by atoms with van der Waals surface area (Å²) in [5, 5.41) is 0. The molecule has 78 valence electrons. The van der Waals surface area contributed by atoms with Crippen molar-refractivity contribution in [2.24, 2.45) is 5.73 Å². The smallest absolute Gasteiger partial charge is 0.0363 e. The lowest BCUT2D eigenvalue weighted by Crippen LogP contribution is -2.17. The highest BCUT2D eigenvalue weighted by Gasteiger charge is 2.01. The van der Waals surface area contributed by atoms with Crippen molar-refractivity contribution in [2.75, 3.05) is 18.5 Å². The van der Waals surface area contributed by atoms with Crippen LogP contribution in [0.3, 0.4) is 0 Å². The predicted molar refractivity (Wildman–Crippen MR) is 62.6 cm³/mol. The van der Waals surface area contributed by atoms with Crippen LogP contribution in [0.2, 0.25) is 0 Å². The highest BCUT2D eigenvalue weighted by atomic mass is 15.1. The molecule has 0 radical (unpaired) electrons. The second-order valence-electron chi connectivity index (χ2n) is 3.80. The number of hydrogen-bond acceptors (Lipinski definition) is 2. The minimum absolute atomic E-state index is 0.125. The number of nitrogens with two attached hydrogens (primary N) is 1. The van der Waals surface area contributed by atoms with E-state index in [1.165, 1.54) is 17.7 Å². The molecule has 1 atom stereocenters. The van der Waals surface area contributed by atoms with Gasteiger partial charge in [0.1, 0.15) is 0 Å². The Hall–Kier alpha value is -1.02. The van der Waals surface area contributed by atoms with E-state index >= 15 is 0 Å². The third-order valence-corrected chi connectivity index (χ3v) is 2.42. The van der Waals surface area contributed by atoms with Crippen LogP contribution in [0.1, 0.15) is 31.9 Å². The van der Waals surface area contributed by atoms with E-state index in [2.05, 4.69) is 43.1 Å². The van der Waals surface area contributed by atoms with Crippen LogP contribution in [0.25, 0.3) is 0 Å². The Morgan fingerprint density at radius 2 is 1.86 bits per heavy atom. The first kappa shape index (κ1) is 11.1. The van der Waals surface area contributed by atoms with E-state index in [1.807, 2.05) is 6.92 Å². The first-order valence-corrected chi connectivity index (χ1v) is 5.21. The fourth-order valence-electron chi connectivity index (χ4n) is 1.50. The Kier molecular flexibility index (Phi) is 3.96. The molecule has 2 heteroatoms. The molecule has 14 heavy (non-hydrogen) atoms. The van der Waals surface area contributed by atoms with Gasteiger partial charge < -0.3 is 10.6 Å². The van der Waals surface area contributed by atoms with Crippen LogP contribution in [0.15, 0.2) is 24.3 Å². The minimum atomic E-state index is 0.125. The van der Waals surface area contributed by atoms with Crippen LogP contribution in [0.5, 0.6) is 0 Å². The maximum Gasteiger partial charge on any atom is 0.0363 e. The Balaban J connectivity index is 2.72. The van der Waals surface area contributed by atoms with Gasteiger partial charge in [-0.1, -0.05) is 19.1 Å². The lowest BCUT2D eigenvalue weighted by Gasteiger charge is -2.18. The van der Waals surface area contributed by atoms with Crippen LogP contribution in [0, 0.1) is 0 Å². The van der Waals surface area contributed by atoms with Gasteiger partial charge in [-0.05, 0) is 31.0 Å². The summed E-state index contributed by atoms with van der Waals surface area (Å²) < 4.78 is 0. The second-order valence-corrected chi connectivity index (χ2v) is 3.80. The first-order valence-electron chi connectivity index (χ1n) is 5.21. The standard InChI is InChI=1S/C12H20N2/c1-4-9-14(3)12-7-5-11(6-8-12)10(2)13/h5-8,10H,4,9,13H2,1-3H3/t10-/m0/s1. The van der Waals surface area contributed by atoms with Crippen molar-refractivity contribution < 1.29 is 0 Å². The zero-order chi connectivity index (χ0) is 10.6. The van der Waals surface area contributed by atoms with Crippen LogP contribution >= 0.6 is 0 Å². The van der Waals surface area contributed by atoms with Gasteiger partial charge in [0.15, 0.2) is 0 Å². The maximum atomic E-state index is 5.78. The fourth-order valence-corrected chi connectivity index (χ4v) is 1.50. The quantitative estimate of drug-likeness (QED) is 0.794. The molecular formula is C12H20N2. The average Bonchev–Trinajstić information content (AvgIpc) is 2.18. The summed E-state index contributed by atoms with van der Waals surface area (Å²) in [6, 6.07) is 8.60. The maximum absolute atomic E-state index is 5.78. The molecule has 0 saturated carbocycles. The first-order chi connectivity index (χ1) is 6.65. The number of anilines is 1. The van der Waals surface area contributed by atoms with Crippen LogP contribution in [-0.2, 0) is 0 Å². The zero-order valence-corrected chi connectivity index (χ0v) is 9.33. The van der Waals surface area contributed by atoms with Crippen molar-refractivity contribution in [2.45, 2.75) is 26.3 Å². The summed E-state index contributed by atoms with van der Waals surface area (Å²) in [7, 11) is 2.12. The van der Waals surface area contributed by atoms with Gasteiger partial charge in [-0.15, -0.1) is 0 Å². The average molecular weight is 192 g/mol. The van der Waals surface area contributed by atoms with Gasteiger partial charge >= 0.3 is 0 Å². The number of nitrogens with zero attached hydrogens (tertiary/aromatic N) is 1. The normalized spacial score (nSPS) is 12.6. The molecule has 1 aromatic carbocycles. The Morgan fingerprint density at radius 3 is 2.29 bits per heavy atom. The molecule has 0 aliphatic heterocycles. The van der Waals surface area contributed by atoms with Gasteiger partial charge in [-0.25, -0.2) is 0 Å². The molecule has 1 rings (SSSR count). The topological polar surface area (TPSA) is 29.3 Å². The lowest BCUT2D eigenvalue weighted by molar-refractivity contribution is 0.815. The molecule has 2 N–H and O–H groups in total. The zero-order valence-electron chi connectivity index (χ0n) is 9.33. The molecule has 0 saturated heterocycles. The summed E-state index contributed by atoms with van der Waals surface area (Å²) >= 11 is 0. The third-order valence-electron chi connectivity index (χ3n) is 2.42. The van der Waals surface area contributed by atoms with Gasteiger partial charge in [-0.2, -0.15) is 0 Å². The summed E-state index contributed by atoms with van der Waals surface area (Å²) in [6.07, 6.45) is 1.17. The molecule has 0 aliphatic rings. The van der Waals surface area contributed by atoms with Crippen LogP contribution in [0.4, 0.5) is 5.69 Å². The van der Waals surface area contributed by atoms with Gasteiger partial charge in [-0.3, -0.25) is 0 Å². The fraction of sp³-hybridized carbons (Fsp3) is 0.500. The monoisotopic (exact) mass is 192 g/mol. The highest BCUT2D eigenvalue weighted by molar-refractivity contribution is 5.47. The largest absolute Gasteiger partial charge is 0.375 e. The van der Waals surface area contributed by atoms with E-state index in [9.17, 15) is 0 Å². The van der Waals surface area contributed by atoms with Crippen molar-refractivity contribution in [1.82, 2.24) is 0 Å². The highest BCUT2D eigenvalue weighted by Crippen LogP contribution is 2.16. The number of hydrogen-bond donors (Lipinski definition) is 1. The molecule has 0 unspecified atom stereocenters.